The summed E-state index contributed by atoms with van der Waals surface area (Å²) in [6.45, 7) is 6.78. The maximum Gasteiger partial charge on any atom is 0.339 e. The second-order valence-corrected chi connectivity index (χ2v) is 7.95. The van der Waals surface area contributed by atoms with Crippen LogP contribution in [-0.2, 0) is 4.74 Å². The first-order valence-corrected chi connectivity index (χ1v) is 11.3. The zero-order valence-corrected chi connectivity index (χ0v) is 18.5. The fraction of sp³-hybridized carbons (Fsp3) is 0.478. The molecule has 2 aromatic heterocycles. The van der Waals surface area contributed by atoms with Gasteiger partial charge in [0, 0.05) is 51.7 Å². The normalized spacial score (nSPS) is 16.6. The maximum absolute atomic E-state index is 13.0. The summed E-state index contributed by atoms with van der Waals surface area (Å²) >= 11 is 0. The third kappa shape index (κ3) is 5.09. The highest BCUT2D eigenvalue weighted by Crippen LogP contribution is 2.26. The van der Waals surface area contributed by atoms with E-state index in [0.29, 0.717) is 31.8 Å². The van der Waals surface area contributed by atoms with E-state index in [9.17, 15) is 9.59 Å². The van der Waals surface area contributed by atoms with Gasteiger partial charge in [-0.1, -0.05) is 0 Å². The molecule has 0 bridgehead atoms. The molecule has 2 fully saturated rings. The number of ether oxygens (including phenoxy) is 1. The molecule has 4 heterocycles. The van der Waals surface area contributed by atoms with Crippen molar-refractivity contribution in [1.82, 2.24) is 14.9 Å². The number of rotatable bonds is 5. The van der Waals surface area contributed by atoms with Gasteiger partial charge in [-0.15, -0.1) is 0 Å². The third-order valence-electron chi connectivity index (χ3n) is 5.80. The van der Waals surface area contributed by atoms with Gasteiger partial charge < -0.3 is 24.8 Å². The molecule has 0 atom stereocenters. The summed E-state index contributed by atoms with van der Waals surface area (Å²) in [4.78, 5) is 40.0. The van der Waals surface area contributed by atoms with Gasteiger partial charge in [-0.2, -0.15) is 0 Å². The maximum atomic E-state index is 13.0. The van der Waals surface area contributed by atoms with Gasteiger partial charge in [-0.3, -0.25) is 0 Å². The smallest absolute Gasteiger partial charge is 0.339 e. The fourth-order valence-electron chi connectivity index (χ4n) is 4.13. The van der Waals surface area contributed by atoms with Gasteiger partial charge in [0.15, 0.2) is 5.82 Å². The molecular weight excluding hydrogens is 408 g/mol. The van der Waals surface area contributed by atoms with Crippen molar-refractivity contribution in [2.24, 2.45) is 0 Å². The second kappa shape index (κ2) is 10.3. The first-order chi connectivity index (χ1) is 15.7. The average Bonchev–Trinajstić information content (AvgIpc) is 3.24. The van der Waals surface area contributed by atoms with Crippen LogP contribution in [0, 0.1) is 0 Å². The molecular formula is C23H30N6O3. The standard InChI is InChI=1S/C23H30N6O3/c1-2-32-22(30)18-8-9-20(25-17-18)27-13-6-14-29(16-15-27)23(31)26-19-7-5-10-24-21(19)28-11-3-4-12-28/h5,7-10,17H,2-4,6,11-16H2,1H3,(H,26,31). The van der Waals surface area contributed by atoms with Crippen LogP contribution in [-0.4, -0.2) is 72.7 Å². The van der Waals surface area contributed by atoms with Crippen molar-refractivity contribution < 1.29 is 14.3 Å². The number of urea groups is 1. The van der Waals surface area contributed by atoms with Crippen LogP contribution in [0.3, 0.4) is 0 Å². The first-order valence-electron chi connectivity index (χ1n) is 11.3. The number of amides is 2. The highest BCUT2D eigenvalue weighted by atomic mass is 16.5. The number of hydrogen-bond acceptors (Lipinski definition) is 7. The Kier molecular flexibility index (Phi) is 7.03. The van der Waals surface area contributed by atoms with Gasteiger partial charge in [0.05, 0.1) is 17.9 Å². The van der Waals surface area contributed by atoms with Crippen LogP contribution >= 0.6 is 0 Å². The molecule has 9 nitrogen and oxygen atoms in total. The fourth-order valence-corrected chi connectivity index (χ4v) is 4.13. The summed E-state index contributed by atoms with van der Waals surface area (Å²) in [6.07, 6.45) is 6.46. The monoisotopic (exact) mass is 438 g/mol. The van der Waals surface area contributed by atoms with E-state index in [0.717, 1.165) is 56.2 Å². The first kappa shape index (κ1) is 21.9. The summed E-state index contributed by atoms with van der Waals surface area (Å²) in [6, 6.07) is 7.23. The lowest BCUT2D eigenvalue weighted by atomic mass is 10.2. The molecule has 0 aromatic carbocycles. The van der Waals surface area contributed by atoms with Crippen molar-refractivity contribution in [3.05, 3.63) is 42.2 Å². The number of carbonyl (C=O) groups is 2. The van der Waals surface area contributed by atoms with Crippen molar-refractivity contribution in [3.8, 4) is 0 Å². The molecule has 32 heavy (non-hydrogen) atoms. The van der Waals surface area contributed by atoms with E-state index >= 15 is 0 Å². The van der Waals surface area contributed by atoms with Crippen molar-refractivity contribution in [2.75, 3.05) is 61.0 Å². The highest BCUT2D eigenvalue weighted by Gasteiger charge is 2.23. The number of aromatic nitrogens is 2. The van der Waals surface area contributed by atoms with Crippen LogP contribution in [0.1, 0.15) is 36.5 Å². The van der Waals surface area contributed by atoms with E-state index in [4.69, 9.17) is 4.74 Å². The quantitative estimate of drug-likeness (QED) is 0.718. The molecule has 0 spiro atoms. The largest absolute Gasteiger partial charge is 0.462 e. The number of nitrogens with one attached hydrogen (secondary N) is 1. The zero-order chi connectivity index (χ0) is 22.3. The van der Waals surface area contributed by atoms with E-state index in [2.05, 4.69) is 25.1 Å². The molecule has 2 amide bonds. The van der Waals surface area contributed by atoms with E-state index in [-0.39, 0.29) is 12.0 Å². The summed E-state index contributed by atoms with van der Waals surface area (Å²) in [5, 5.41) is 3.07. The molecule has 4 rings (SSSR count). The van der Waals surface area contributed by atoms with Crippen molar-refractivity contribution >= 4 is 29.3 Å². The predicted octanol–water partition coefficient (Wildman–Crippen LogP) is 3.00. The van der Waals surface area contributed by atoms with Gasteiger partial charge in [0.2, 0.25) is 0 Å². The van der Waals surface area contributed by atoms with Gasteiger partial charge in [-0.25, -0.2) is 19.6 Å². The summed E-state index contributed by atoms with van der Waals surface area (Å²) < 4.78 is 5.01. The molecule has 2 aliphatic rings. The number of nitrogens with zero attached hydrogens (tertiary/aromatic N) is 5. The number of carbonyl (C=O) groups excluding carboxylic acids is 2. The van der Waals surface area contributed by atoms with Crippen molar-refractivity contribution in [1.29, 1.82) is 0 Å². The number of hydrogen-bond donors (Lipinski definition) is 1. The number of esters is 1. The molecule has 2 aliphatic heterocycles. The molecule has 0 saturated carbocycles. The topological polar surface area (TPSA) is 90.9 Å². The van der Waals surface area contributed by atoms with E-state index in [1.54, 1.807) is 25.4 Å². The molecule has 1 N–H and O–H groups in total. The lowest BCUT2D eigenvalue weighted by Gasteiger charge is -2.24. The number of pyridine rings is 2. The van der Waals surface area contributed by atoms with Gasteiger partial charge in [-0.05, 0) is 50.5 Å². The average molecular weight is 439 g/mol. The Balaban J connectivity index is 1.36. The zero-order valence-electron chi connectivity index (χ0n) is 18.5. The van der Waals surface area contributed by atoms with Crippen LogP contribution in [0.5, 0.6) is 0 Å². The van der Waals surface area contributed by atoms with Crippen LogP contribution < -0.4 is 15.1 Å². The summed E-state index contributed by atoms with van der Waals surface area (Å²) in [5.74, 6) is 1.28. The molecule has 170 valence electrons. The minimum Gasteiger partial charge on any atom is -0.462 e. The Morgan fingerprint density at radius 2 is 1.78 bits per heavy atom. The summed E-state index contributed by atoms with van der Waals surface area (Å²) in [5.41, 5.74) is 1.20. The molecule has 2 aromatic rings. The Labute approximate surface area is 188 Å². The highest BCUT2D eigenvalue weighted by molar-refractivity contribution is 5.92. The van der Waals surface area contributed by atoms with E-state index < -0.39 is 0 Å². The Bertz CT molecular complexity index is 930. The minimum absolute atomic E-state index is 0.106. The van der Waals surface area contributed by atoms with Crippen LogP contribution in [0.4, 0.5) is 22.1 Å². The molecule has 0 aliphatic carbocycles. The van der Waals surface area contributed by atoms with Crippen LogP contribution in [0.15, 0.2) is 36.7 Å². The van der Waals surface area contributed by atoms with Crippen molar-refractivity contribution in [3.63, 3.8) is 0 Å². The Morgan fingerprint density at radius 3 is 2.53 bits per heavy atom. The number of anilines is 3. The third-order valence-corrected chi connectivity index (χ3v) is 5.80. The van der Waals surface area contributed by atoms with Crippen molar-refractivity contribution in [2.45, 2.75) is 26.2 Å². The lowest BCUT2D eigenvalue weighted by molar-refractivity contribution is 0.0526. The SMILES string of the molecule is CCOC(=O)c1ccc(N2CCCN(C(=O)Nc3cccnc3N3CCCC3)CC2)nc1. The van der Waals surface area contributed by atoms with E-state index in [1.165, 1.54) is 0 Å². The van der Waals surface area contributed by atoms with Gasteiger partial charge in [0.1, 0.15) is 5.82 Å². The Morgan fingerprint density at radius 1 is 0.969 bits per heavy atom. The summed E-state index contributed by atoms with van der Waals surface area (Å²) in [7, 11) is 0. The van der Waals surface area contributed by atoms with E-state index in [1.807, 2.05) is 23.1 Å². The molecule has 2 saturated heterocycles. The Hall–Kier alpha value is -3.36. The van der Waals surface area contributed by atoms with Crippen LogP contribution in [0.25, 0.3) is 0 Å². The predicted molar refractivity (Wildman–Crippen MR) is 123 cm³/mol. The minimum atomic E-state index is -0.367. The molecule has 0 unspecified atom stereocenters. The second-order valence-electron chi connectivity index (χ2n) is 7.95. The van der Waals surface area contributed by atoms with Gasteiger partial charge >= 0.3 is 12.0 Å². The van der Waals surface area contributed by atoms with Gasteiger partial charge in [0.25, 0.3) is 0 Å². The molecule has 0 radical (unpaired) electrons. The molecule has 9 heteroatoms. The van der Waals surface area contributed by atoms with Crippen LogP contribution in [0.2, 0.25) is 0 Å². The lowest BCUT2D eigenvalue weighted by Crippen LogP contribution is -2.38.